The minimum absolute atomic E-state index is 0.0265. The molecule has 0 saturated heterocycles. The summed E-state index contributed by atoms with van der Waals surface area (Å²) in [6, 6.07) is 4.03. The van der Waals surface area contributed by atoms with Gasteiger partial charge < -0.3 is 15.2 Å². The van der Waals surface area contributed by atoms with Crippen molar-refractivity contribution in [3.63, 3.8) is 0 Å². The zero-order valence-electron chi connectivity index (χ0n) is 12.4. The summed E-state index contributed by atoms with van der Waals surface area (Å²) in [5.74, 6) is 1.31. The van der Waals surface area contributed by atoms with E-state index in [1.54, 1.807) is 34.6 Å². The molecule has 0 aliphatic carbocycles. The third-order valence-electron chi connectivity index (χ3n) is 3.07. The number of aliphatic hydroxyl groups is 1. The lowest BCUT2D eigenvalue weighted by Crippen LogP contribution is -2.14. The molecule has 0 aliphatic rings. The summed E-state index contributed by atoms with van der Waals surface area (Å²) >= 11 is 1.64. The lowest BCUT2D eigenvalue weighted by molar-refractivity contribution is 0.0992. The van der Waals surface area contributed by atoms with E-state index in [1.807, 2.05) is 23.7 Å². The van der Waals surface area contributed by atoms with Crippen LogP contribution in [-0.2, 0) is 4.74 Å². The van der Waals surface area contributed by atoms with Gasteiger partial charge in [0.1, 0.15) is 12.1 Å². The largest absolute Gasteiger partial charge is 0.394 e. The summed E-state index contributed by atoms with van der Waals surface area (Å²) in [5, 5.41) is 14.0. The highest BCUT2D eigenvalue weighted by Crippen LogP contribution is 2.30. The molecule has 0 aromatic carbocycles. The molecule has 0 radical (unpaired) electrons. The molecule has 3 aromatic heterocycles. The second kappa shape index (κ2) is 7.82. The second-order valence-corrected chi connectivity index (χ2v) is 5.59. The zero-order valence-corrected chi connectivity index (χ0v) is 13.2. The van der Waals surface area contributed by atoms with Gasteiger partial charge in [0.05, 0.1) is 25.4 Å². The number of nitrogens with one attached hydrogen (secondary N) is 1. The standard InChI is InChI=1S/C15H17N5O2S/c21-6-8-22-7-4-17-14-12(13-2-1-9-23-13)10-18-15(19-14)20-5-3-16-11-20/h1-3,5,9-11,21H,4,6-8H2,(H,17,18,19). The van der Waals surface area contributed by atoms with Crippen LogP contribution in [0.3, 0.4) is 0 Å². The summed E-state index contributed by atoms with van der Waals surface area (Å²) in [7, 11) is 0. The van der Waals surface area contributed by atoms with E-state index in [-0.39, 0.29) is 6.61 Å². The van der Waals surface area contributed by atoms with Gasteiger partial charge in [0, 0.05) is 30.0 Å². The zero-order chi connectivity index (χ0) is 15.9. The number of thiophene rings is 1. The molecule has 0 bridgehead atoms. The quantitative estimate of drug-likeness (QED) is 0.612. The van der Waals surface area contributed by atoms with Gasteiger partial charge in [0.15, 0.2) is 0 Å². The summed E-state index contributed by atoms with van der Waals surface area (Å²) in [6.07, 6.45) is 6.96. The summed E-state index contributed by atoms with van der Waals surface area (Å²) in [4.78, 5) is 14.1. The molecule has 0 spiro atoms. The van der Waals surface area contributed by atoms with Crippen molar-refractivity contribution in [2.24, 2.45) is 0 Å². The van der Waals surface area contributed by atoms with Crippen LogP contribution in [0.2, 0.25) is 0 Å². The number of aliphatic hydroxyl groups excluding tert-OH is 1. The van der Waals surface area contributed by atoms with Crippen LogP contribution in [-0.4, -0.2) is 51.0 Å². The van der Waals surface area contributed by atoms with Gasteiger partial charge in [0.25, 0.3) is 0 Å². The fraction of sp³-hybridized carbons (Fsp3) is 0.267. The number of hydrogen-bond acceptors (Lipinski definition) is 7. The smallest absolute Gasteiger partial charge is 0.236 e. The van der Waals surface area contributed by atoms with Crippen LogP contribution in [0.5, 0.6) is 0 Å². The Labute approximate surface area is 137 Å². The SMILES string of the molecule is OCCOCCNc1nc(-n2ccnc2)ncc1-c1cccs1. The van der Waals surface area contributed by atoms with E-state index in [2.05, 4.69) is 20.3 Å². The average Bonchev–Trinajstić information content (AvgIpc) is 3.28. The van der Waals surface area contributed by atoms with Crippen LogP contribution in [0, 0.1) is 0 Å². The highest BCUT2D eigenvalue weighted by molar-refractivity contribution is 7.13. The fourth-order valence-electron chi connectivity index (χ4n) is 2.03. The Morgan fingerprint density at radius 1 is 1.35 bits per heavy atom. The van der Waals surface area contributed by atoms with Gasteiger partial charge in [-0.1, -0.05) is 6.07 Å². The number of anilines is 1. The van der Waals surface area contributed by atoms with Crippen LogP contribution in [0.25, 0.3) is 16.4 Å². The molecule has 7 nitrogen and oxygen atoms in total. The minimum Gasteiger partial charge on any atom is -0.394 e. The molecule has 8 heteroatoms. The first-order chi connectivity index (χ1) is 11.4. The van der Waals surface area contributed by atoms with Crippen LogP contribution in [0.15, 0.2) is 42.4 Å². The van der Waals surface area contributed by atoms with Crippen molar-refractivity contribution in [1.82, 2.24) is 19.5 Å². The van der Waals surface area contributed by atoms with Gasteiger partial charge in [-0.2, -0.15) is 4.98 Å². The Morgan fingerprint density at radius 3 is 3.04 bits per heavy atom. The fourth-order valence-corrected chi connectivity index (χ4v) is 2.77. The van der Waals surface area contributed by atoms with Crippen molar-refractivity contribution >= 4 is 17.2 Å². The predicted octanol–water partition coefficient (Wildman–Crippen LogP) is 1.81. The van der Waals surface area contributed by atoms with Crippen LogP contribution < -0.4 is 5.32 Å². The molecular formula is C15H17N5O2S. The molecule has 0 atom stereocenters. The molecule has 3 rings (SSSR count). The molecule has 3 heterocycles. The molecule has 0 aliphatic heterocycles. The summed E-state index contributed by atoms with van der Waals surface area (Å²) < 4.78 is 7.02. The molecule has 0 amide bonds. The number of hydrogen-bond donors (Lipinski definition) is 2. The van der Waals surface area contributed by atoms with E-state index in [0.717, 1.165) is 16.3 Å². The minimum atomic E-state index is 0.0265. The third kappa shape index (κ3) is 3.92. The van der Waals surface area contributed by atoms with Gasteiger partial charge >= 0.3 is 0 Å². The first-order valence-corrected chi connectivity index (χ1v) is 8.08. The van der Waals surface area contributed by atoms with E-state index in [1.165, 1.54) is 0 Å². The van der Waals surface area contributed by atoms with Gasteiger partial charge in [0.2, 0.25) is 5.95 Å². The second-order valence-electron chi connectivity index (χ2n) is 4.64. The molecular weight excluding hydrogens is 314 g/mol. The summed E-state index contributed by atoms with van der Waals surface area (Å²) in [6.45, 7) is 1.45. The van der Waals surface area contributed by atoms with Crippen molar-refractivity contribution < 1.29 is 9.84 Å². The number of nitrogens with zero attached hydrogens (tertiary/aromatic N) is 4. The maximum atomic E-state index is 8.72. The van der Waals surface area contributed by atoms with Crippen LogP contribution >= 0.6 is 11.3 Å². The van der Waals surface area contributed by atoms with E-state index >= 15 is 0 Å². The average molecular weight is 331 g/mol. The van der Waals surface area contributed by atoms with Crippen molar-refractivity contribution in [3.05, 3.63) is 42.4 Å². The van der Waals surface area contributed by atoms with Gasteiger partial charge in [-0.05, 0) is 11.4 Å². The van der Waals surface area contributed by atoms with Gasteiger partial charge in [-0.25, -0.2) is 9.97 Å². The molecule has 0 saturated carbocycles. The van der Waals surface area contributed by atoms with Gasteiger partial charge in [-0.15, -0.1) is 11.3 Å². The Balaban J connectivity index is 1.81. The van der Waals surface area contributed by atoms with Gasteiger partial charge in [-0.3, -0.25) is 4.57 Å². The predicted molar refractivity (Wildman–Crippen MR) is 88.9 cm³/mol. The first-order valence-electron chi connectivity index (χ1n) is 7.20. The van der Waals surface area contributed by atoms with Crippen molar-refractivity contribution in [2.45, 2.75) is 0 Å². The van der Waals surface area contributed by atoms with Crippen molar-refractivity contribution in [3.8, 4) is 16.4 Å². The summed E-state index contributed by atoms with van der Waals surface area (Å²) in [5.41, 5.74) is 0.950. The molecule has 3 aromatic rings. The number of rotatable bonds is 8. The number of imidazole rings is 1. The van der Waals surface area contributed by atoms with E-state index in [4.69, 9.17) is 9.84 Å². The van der Waals surface area contributed by atoms with Crippen LogP contribution in [0.4, 0.5) is 5.82 Å². The normalized spacial score (nSPS) is 10.8. The maximum Gasteiger partial charge on any atom is 0.236 e. The van der Waals surface area contributed by atoms with Crippen molar-refractivity contribution in [2.75, 3.05) is 31.7 Å². The first kappa shape index (κ1) is 15.6. The van der Waals surface area contributed by atoms with Crippen molar-refractivity contribution in [1.29, 1.82) is 0 Å². The van der Waals surface area contributed by atoms with E-state index < -0.39 is 0 Å². The van der Waals surface area contributed by atoms with E-state index in [9.17, 15) is 0 Å². The van der Waals surface area contributed by atoms with Crippen LogP contribution in [0.1, 0.15) is 0 Å². The number of ether oxygens (including phenoxy) is 1. The molecule has 120 valence electrons. The lowest BCUT2D eigenvalue weighted by atomic mass is 10.2. The molecule has 2 N–H and O–H groups in total. The van der Waals surface area contributed by atoms with E-state index in [0.29, 0.717) is 25.7 Å². The molecule has 0 unspecified atom stereocenters. The Bertz CT molecular complexity index is 716. The highest BCUT2D eigenvalue weighted by Gasteiger charge is 2.11. The lowest BCUT2D eigenvalue weighted by Gasteiger charge is -2.11. The monoisotopic (exact) mass is 331 g/mol. The highest BCUT2D eigenvalue weighted by atomic mass is 32.1. The molecule has 23 heavy (non-hydrogen) atoms. The number of aromatic nitrogens is 4. The maximum absolute atomic E-state index is 8.72. The Hall–Kier alpha value is -2.29. The topological polar surface area (TPSA) is 85.1 Å². The molecule has 0 fully saturated rings. The Kier molecular flexibility index (Phi) is 5.30. The third-order valence-corrected chi connectivity index (χ3v) is 3.98. The Morgan fingerprint density at radius 2 is 2.30 bits per heavy atom.